The van der Waals surface area contributed by atoms with E-state index in [0.29, 0.717) is 5.56 Å². The predicted octanol–water partition coefficient (Wildman–Crippen LogP) is 10.6. The molecule has 0 atom stereocenters. The van der Waals surface area contributed by atoms with Crippen LogP contribution in [0.2, 0.25) is 0 Å². The van der Waals surface area contributed by atoms with Crippen LogP contribution in [0.15, 0.2) is 58.8 Å². The minimum absolute atomic E-state index is 0.620. The zero-order valence-corrected chi connectivity index (χ0v) is 21.9. The van der Waals surface area contributed by atoms with Crippen LogP contribution in [-0.2, 0) is 0 Å². The second kappa shape index (κ2) is 19.6. The number of benzene rings is 2. The van der Waals surface area contributed by atoms with E-state index in [1.54, 1.807) is 24.3 Å². The zero-order valence-electron chi connectivity index (χ0n) is 21.9. The van der Waals surface area contributed by atoms with E-state index in [1.807, 2.05) is 24.3 Å². The average molecular weight is 476 g/mol. The van der Waals surface area contributed by atoms with Crippen LogP contribution in [0.4, 0.5) is 11.4 Å². The lowest BCUT2D eigenvalue weighted by molar-refractivity contribution is 0.304. The molecule has 2 aromatic carbocycles. The molecule has 0 fully saturated rings. The van der Waals surface area contributed by atoms with Crippen molar-refractivity contribution in [3.05, 3.63) is 54.1 Å². The van der Waals surface area contributed by atoms with Crippen molar-refractivity contribution >= 4 is 11.4 Å². The molecule has 0 aromatic heterocycles. The number of hydrogen-bond donors (Lipinski definition) is 0. The third-order valence-electron chi connectivity index (χ3n) is 6.38. The van der Waals surface area contributed by atoms with Gasteiger partial charge in [-0.1, -0.05) is 103 Å². The van der Waals surface area contributed by atoms with E-state index < -0.39 is 0 Å². The molecule has 0 bridgehead atoms. The highest BCUT2D eigenvalue weighted by Gasteiger charge is 1.98. The molecule has 0 aliphatic carbocycles. The molecule has 0 saturated heterocycles. The van der Waals surface area contributed by atoms with Gasteiger partial charge < -0.3 is 4.74 Å². The first kappa shape index (κ1) is 28.6. The van der Waals surface area contributed by atoms with Gasteiger partial charge in [-0.2, -0.15) is 15.5 Å². The Hall–Kier alpha value is -2.67. The SMILES string of the molecule is CCCCCCCCCCCCCCCCCCOc1ccc(N=Nc2ccc(C#N)cc2)cc1. The van der Waals surface area contributed by atoms with Crippen molar-refractivity contribution in [1.29, 1.82) is 5.26 Å². The number of azo groups is 1. The van der Waals surface area contributed by atoms with Crippen LogP contribution in [0.25, 0.3) is 0 Å². The van der Waals surface area contributed by atoms with E-state index in [2.05, 4.69) is 23.2 Å². The Morgan fingerprint density at radius 3 is 1.40 bits per heavy atom. The lowest BCUT2D eigenvalue weighted by Gasteiger charge is -2.06. The summed E-state index contributed by atoms with van der Waals surface area (Å²) in [4.78, 5) is 0. The highest BCUT2D eigenvalue weighted by atomic mass is 16.5. The van der Waals surface area contributed by atoms with Crippen LogP contribution in [0.1, 0.15) is 115 Å². The third-order valence-corrected chi connectivity index (χ3v) is 6.38. The summed E-state index contributed by atoms with van der Waals surface area (Å²) in [7, 11) is 0. The Balaban J connectivity index is 1.40. The molecule has 0 aliphatic rings. The lowest BCUT2D eigenvalue weighted by Crippen LogP contribution is -1.96. The minimum Gasteiger partial charge on any atom is -0.494 e. The van der Waals surface area contributed by atoms with Crippen molar-refractivity contribution in [2.24, 2.45) is 10.2 Å². The maximum Gasteiger partial charge on any atom is 0.119 e. The maximum atomic E-state index is 8.84. The van der Waals surface area contributed by atoms with E-state index in [-0.39, 0.29) is 0 Å². The molecule has 190 valence electrons. The topological polar surface area (TPSA) is 57.7 Å². The van der Waals surface area contributed by atoms with Crippen LogP contribution in [0.5, 0.6) is 5.75 Å². The van der Waals surface area contributed by atoms with Crippen molar-refractivity contribution in [3.8, 4) is 11.8 Å². The fourth-order valence-electron chi connectivity index (χ4n) is 4.17. The number of ether oxygens (including phenoxy) is 1. The molecular formula is C31H45N3O. The van der Waals surface area contributed by atoms with Gasteiger partial charge in [0.1, 0.15) is 5.75 Å². The Bertz CT molecular complexity index is 837. The van der Waals surface area contributed by atoms with E-state index in [4.69, 9.17) is 10.00 Å². The van der Waals surface area contributed by atoms with Gasteiger partial charge >= 0.3 is 0 Å². The Kier molecular flexibility index (Phi) is 16.0. The molecule has 0 saturated carbocycles. The van der Waals surface area contributed by atoms with Gasteiger partial charge in [0.15, 0.2) is 0 Å². The largest absolute Gasteiger partial charge is 0.494 e. The summed E-state index contributed by atoms with van der Waals surface area (Å²) < 4.78 is 5.87. The molecule has 4 heteroatoms. The number of hydrogen-bond acceptors (Lipinski definition) is 4. The Morgan fingerprint density at radius 2 is 0.971 bits per heavy atom. The molecule has 2 aromatic rings. The first-order valence-electron chi connectivity index (χ1n) is 14.0. The minimum atomic E-state index is 0.620. The van der Waals surface area contributed by atoms with Gasteiger partial charge in [-0.15, -0.1) is 0 Å². The number of nitrogens with zero attached hydrogens (tertiary/aromatic N) is 3. The monoisotopic (exact) mass is 475 g/mol. The smallest absolute Gasteiger partial charge is 0.119 e. The molecule has 0 unspecified atom stereocenters. The second-order valence-electron chi connectivity index (χ2n) is 9.50. The third kappa shape index (κ3) is 14.4. The van der Waals surface area contributed by atoms with Crippen LogP contribution in [0.3, 0.4) is 0 Å². The van der Waals surface area contributed by atoms with Gasteiger partial charge in [-0.25, -0.2) is 0 Å². The molecule has 0 spiro atoms. The second-order valence-corrected chi connectivity index (χ2v) is 9.50. The fraction of sp³-hybridized carbons (Fsp3) is 0.581. The highest BCUT2D eigenvalue weighted by Crippen LogP contribution is 2.22. The molecular weight excluding hydrogens is 430 g/mol. The summed E-state index contributed by atoms with van der Waals surface area (Å²) in [6, 6.07) is 16.9. The molecule has 4 nitrogen and oxygen atoms in total. The lowest BCUT2D eigenvalue weighted by atomic mass is 10.0. The standard InChI is InChI=1S/C31H45N3O/c1-2-3-4-5-6-7-8-9-10-11-12-13-14-15-16-17-26-35-31-24-22-30(23-25-31)34-33-29-20-18-28(27-32)19-21-29/h18-25H,2-17,26H2,1H3. The average Bonchev–Trinajstić information content (AvgIpc) is 2.90. The van der Waals surface area contributed by atoms with Gasteiger partial charge in [-0.3, -0.25) is 0 Å². The Morgan fingerprint density at radius 1 is 0.571 bits per heavy atom. The van der Waals surface area contributed by atoms with Gasteiger partial charge in [0.2, 0.25) is 0 Å². The maximum absolute atomic E-state index is 8.84. The van der Waals surface area contributed by atoms with Gasteiger partial charge in [0.05, 0.1) is 29.6 Å². The van der Waals surface area contributed by atoms with Crippen molar-refractivity contribution in [3.63, 3.8) is 0 Å². The first-order valence-corrected chi connectivity index (χ1v) is 14.0. The number of nitriles is 1. The molecule has 0 heterocycles. The van der Waals surface area contributed by atoms with E-state index in [9.17, 15) is 0 Å². The van der Waals surface area contributed by atoms with Crippen molar-refractivity contribution < 1.29 is 4.74 Å². The normalized spacial score (nSPS) is 11.1. The van der Waals surface area contributed by atoms with E-state index in [1.165, 1.54) is 96.3 Å². The predicted molar refractivity (Wildman–Crippen MR) is 147 cm³/mol. The van der Waals surface area contributed by atoms with Crippen LogP contribution in [0, 0.1) is 11.3 Å². The molecule has 0 amide bonds. The summed E-state index contributed by atoms with van der Waals surface area (Å²) in [6.45, 7) is 3.05. The number of rotatable bonds is 20. The van der Waals surface area contributed by atoms with Gasteiger partial charge in [-0.05, 0) is 55.0 Å². The highest BCUT2D eigenvalue weighted by molar-refractivity contribution is 5.44. The molecule has 2 rings (SSSR count). The van der Waals surface area contributed by atoms with Crippen LogP contribution >= 0.6 is 0 Å². The molecule has 0 radical (unpaired) electrons. The fourth-order valence-corrected chi connectivity index (χ4v) is 4.17. The van der Waals surface area contributed by atoms with Gasteiger partial charge in [0.25, 0.3) is 0 Å². The molecule has 35 heavy (non-hydrogen) atoms. The van der Waals surface area contributed by atoms with Crippen molar-refractivity contribution in [1.82, 2.24) is 0 Å². The van der Waals surface area contributed by atoms with Crippen LogP contribution in [-0.4, -0.2) is 6.61 Å². The summed E-state index contributed by atoms with van der Waals surface area (Å²) in [6.07, 6.45) is 22.1. The quantitative estimate of drug-likeness (QED) is 0.141. The van der Waals surface area contributed by atoms with Crippen LogP contribution < -0.4 is 4.74 Å². The summed E-state index contributed by atoms with van der Waals surface area (Å²) in [5, 5.41) is 17.3. The van der Waals surface area contributed by atoms with E-state index >= 15 is 0 Å². The summed E-state index contributed by atoms with van der Waals surface area (Å²) in [5.41, 5.74) is 2.13. The van der Waals surface area contributed by atoms with Gasteiger partial charge in [0, 0.05) is 0 Å². The first-order chi connectivity index (χ1) is 17.3. The van der Waals surface area contributed by atoms with E-state index in [0.717, 1.165) is 30.2 Å². The zero-order chi connectivity index (χ0) is 24.8. The Labute approximate surface area is 213 Å². The molecule has 0 N–H and O–H groups in total. The summed E-state index contributed by atoms with van der Waals surface area (Å²) in [5.74, 6) is 0.878. The van der Waals surface area contributed by atoms with Crippen molar-refractivity contribution in [2.75, 3.05) is 6.61 Å². The molecule has 0 aliphatic heterocycles. The summed E-state index contributed by atoms with van der Waals surface area (Å²) >= 11 is 0. The van der Waals surface area contributed by atoms with Crippen molar-refractivity contribution in [2.45, 2.75) is 110 Å². The number of unbranched alkanes of at least 4 members (excludes halogenated alkanes) is 15.